The number of thioether (sulfide) groups is 1. The largest absolute Gasteiger partial charge is 0.329 e. The number of likely N-dealkylation sites (N-methyl/N-ethyl adjacent to an activating group) is 2. The van der Waals surface area contributed by atoms with Gasteiger partial charge < -0.3 is 10.6 Å². The third kappa shape index (κ3) is 3.03. The van der Waals surface area contributed by atoms with Gasteiger partial charge in [-0.15, -0.1) is 0 Å². The molecule has 1 saturated heterocycles. The normalized spacial score (nSPS) is 32.4. The molecule has 0 bridgehead atoms. The minimum absolute atomic E-state index is 0.186. The second kappa shape index (κ2) is 5.79. The fourth-order valence-corrected chi connectivity index (χ4v) is 5.56. The zero-order valence-electron chi connectivity index (χ0n) is 14.0. The first kappa shape index (κ1) is 16.6. The van der Waals surface area contributed by atoms with Gasteiger partial charge in [-0.05, 0) is 58.0 Å². The van der Waals surface area contributed by atoms with Gasteiger partial charge in [0.1, 0.15) is 0 Å². The quantitative estimate of drug-likeness (QED) is 0.844. The Morgan fingerprint density at radius 2 is 1.70 bits per heavy atom. The van der Waals surface area contributed by atoms with Gasteiger partial charge in [0.2, 0.25) is 0 Å². The highest BCUT2D eigenvalue weighted by Gasteiger charge is 2.47. The van der Waals surface area contributed by atoms with E-state index in [1.807, 2.05) is 0 Å². The smallest absolute Gasteiger partial charge is 0.0425 e. The van der Waals surface area contributed by atoms with Gasteiger partial charge >= 0.3 is 0 Å². The lowest BCUT2D eigenvalue weighted by molar-refractivity contribution is -0.0131. The third-order valence-electron chi connectivity index (χ3n) is 5.63. The van der Waals surface area contributed by atoms with Crippen LogP contribution >= 0.6 is 11.8 Å². The molecule has 2 rings (SSSR count). The summed E-state index contributed by atoms with van der Waals surface area (Å²) >= 11 is 2.09. The highest BCUT2D eigenvalue weighted by molar-refractivity contribution is 7.99. The molecule has 3 nitrogen and oxygen atoms in total. The van der Waals surface area contributed by atoms with E-state index in [-0.39, 0.29) is 5.54 Å². The predicted octanol–water partition coefficient (Wildman–Crippen LogP) is 2.26. The Morgan fingerprint density at radius 3 is 2.10 bits per heavy atom. The van der Waals surface area contributed by atoms with Crippen molar-refractivity contribution in [1.82, 2.24) is 9.80 Å². The Bertz CT molecular complexity index is 339. The van der Waals surface area contributed by atoms with E-state index in [2.05, 4.69) is 56.6 Å². The molecule has 1 aliphatic carbocycles. The summed E-state index contributed by atoms with van der Waals surface area (Å²) in [6, 6.07) is 0. The van der Waals surface area contributed by atoms with E-state index < -0.39 is 0 Å². The van der Waals surface area contributed by atoms with Crippen molar-refractivity contribution in [2.24, 2.45) is 11.1 Å². The summed E-state index contributed by atoms with van der Waals surface area (Å²) in [4.78, 5) is 5.04. The molecular weight excluding hydrogens is 266 g/mol. The van der Waals surface area contributed by atoms with E-state index in [9.17, 15) is 0 Å². The van der Waals surface area contributed by atoms with E-state index in [1.165, 1.54) is 37.2 Å². The Labute approximate surface area is 129 Å². The summed E-state index contributed by atoms with van der Waals surface area (Å²) in [7, 11) is 6.78. The second-order valence-electron chi connectivity index (χ2n) is 8.09. The molecule has 0 aromatic heterocycles. The van der Waals surface area contributed by atoms with Crippen LogP contribution in [-0.2, 0) is 0 Å². The summed E-state index contributed by atoms with van der Waals surface area (Å²) in [5, 5.41) is 0. The minimum Gasteiger partial charge on any atom is -0.329 e. The standard InChI is InChI=1S/C16H33N3S/c1-14(2)9-16(10-17,13-20-12-14)19(5)11-15(18(3)4)7-6-8-15/h6-13,17H2,1-5H3. The Hall–Kier alpha value is 0.230. The first-order chi connectivity index (χ1) is 9.25. The maximum Gasteiger partial charge on any atom is 0.0425 e. The Balaban J connectivity index is 2.11. The molecule has 118 valence electrons. The summed E-state index contributed by atoms with van der Waals surface area (Å²) in [6.07, 6.45) is 5.27. The van der Waals surface area contributed by atoms with E-state index in [0.29, 0.717) is 11.0 Å². The summed E-state index contributed by atoms with van der Waals surface area (Å²) < 4.78 is 0. The number of hydrogen-bond acceptors (Lipinski definition) is 4. The van der Waals surface area contributed by atoms with Crippen LogP contribution < -0.4 is 5.73 Å². The first-order valence-electron chi connectivity index (χ1n) is 7.92. The Kier molecular flexibility index (Phi) is 4.80. The highest BCUT2D eigenvalue weighted by atomic mass is 32.2. The monoisotopic (exact) mass is 299 g/mol. The van der Waals surface area contributed by atoms with E-state index in [0.717, 1.165) is 13.1 Å². The fourth-order valence-electron chi connectivity index (χ4n) is 3.98. The summed E-state index contributed by atoms with van der Waals surface area (Å²) in [5.41, 5.74) is 7.23. The molecule has 2 fully saturated rings. The molecule has 0 spiro atoms. The number of nitrogens with zero attached hydrogens (tertiary/aromatic N) is 2. The molecule has 4 heteroatoms. The average Bonchev–Trinajstić information content (AvgIpc) is 2.31. The highest BCUT2D eigenvalue weighted by Crippen LogP contribution is 2.44. The maximum absolute atomic E-state index is 6.25. The number of nitrogens with two attached hydrogens (primary N) is 1. The minimum atomic E-state index is 0.186. The fraction of sp³-hybridized carbons (Fsp3) is 1.00. The average molecular weight is 300 g/mol. The van der Waals surface area contributed by atoms with Crippen LogP contribution in [0.3, 0.4) is 0 Å². The molecule has 1 atom stereocenters. The lowest BCUT2D eigenvalue weighted by Gasteiger charge is -2.55. The molecule has 1 saturated carbocycles. The molecule has 1 unspecified atom stereocenters. The van der Waals surface area contributed by atoms with Gasteiger partial charge in [-0.3, -0.25) is 4.90 Å². The van der Waals surface area contributed by atoms with Crippen molar-refractivity contribution in [2.45, 2.75) is 50.6 Å². The van der Waals surface area contributed by atoms with Crippen molar-refractivity contribution in [3.8, 4) is 0 Å². The first-order valence-corrected chi connectivity index (χ1v) is 9.07. The lowest BCUT2D eigenvalue weighted by Crippen LogP contribution is -2.65. The molecule has 0 amide bonds. The van der Waals surface area contributed by atoms with Crippen molar-refractivity contribution in [2.75, 3.05) is 45.7 Å². The molecule has 1 heterocycles. The van der Waals surface area contributed by atoms with Crippen molar-refractivity contribution < 1.29 is 0 Å². The zero-order valence-corrected chi connectivity index (χ0v) is 14.9. The molecule has 1 aliphatic heterocycles. The number of rotatable bonds is 5. The van der Waals surface area contributed by atoms with Crippen molar-refractivity contribution in [3.05, 3.63) is 0 Å². The maximum atomic E-state index is 6.25. The van der Waals surface area contributed by atoms with Crippen LogP contribution in [0.4, 0.5) is 0 Å². The van der Waals surface area contributed by atoms with Crippen LogP contribution in [0.25, 0.3) is 0 Å². The molecule has 0 radical (unpaired) electrons. The summed E-state index contributed by atoms with van der Waals surface area (Å²) in [6.45, 7) is 6.72. The van der Waals surface area contributed by atoms with Gasteiger partial charge in [0, 0.05) is 29.9 Å². The zero-order chi connectivity index (χ0) is 15.0. The third-order valence-corrected chi connectivity index (χ3v) is 7.35. The number of hydrogen-bond donors (Lipinski definition) is 1. The van der Waals surface area contributed by atoms with E-state index in [4.69, 9.17) is 5.73 Å². The van der Waals surface area contributed by atoms with Gasteiger partial charge in [0.05, 0.1) is 0 Å². The van der Waals surface area contributed by atoms with Crippen LogP contribution in [0.2, 0.25) is 0 Å². The van der Waals surface area contributed by atoms with Gasteiger partial charge in [-0.25, -0.2) is 0 Å². The molecule has 0 aromatic rings. The molecule has 2 aliphatic rings. The summed E-state index contributed by atoms with van der Waals surface area (Å²) in [5.74, 6) is 2.45. The van der Waals surface area contributed by atoms with Crippen LogP contribution in [0.5, 0.6) is 0 Å². The lowest BCUT2D eigenvalue weighted by atomic mass is 9.73. The van der Waals surface area contributed by atoms with Crippen LogP contribution in [0.1, 0.15) is 39.5 Å². The van der Waals surface area contributed by atoms with Gasteiger partial charge in [-0.1, -0.05) is 13.8 Å². The topological polar surface area (TPSA) is 32.5 Å². The molecule has 20 heavy (non-hydrogen) atoms. The molecular formula is C16H33N3S. The molecule has 2 N–H and O–H groups in total. The predicted molar refractivity (Wildman–Crippen MR) is 90.4 cm³/mol. The van der Waals surface area contributed by atoms with Crippen LogP contribution in [-0.4, -0.2) is 66.6 Å². The molecule has 0 aromatic carbocycles. The SMILES string of the molecule is CN(C)C1(CN(C)C2(CN)CSCC(C)(C)C2)CCC1. The van der Waals surface area contributed by atoms with Gasteiger partial charge in [0.15, 0.2) is 0 Å². The second-order valence-corrected chi connectivity index (χ2v) is 9.08. The van der Waals surface area contributed by atoms with Crippen molar-refractivity contribution in [3.63, 3.8) is 0 Å². The van der Waals surface area contributed by atoms with Crippen LogP contribution in [0.15, 0.2) is 0 Å². The van der Waals surface area contributed by atoms with Gasteiger partial charge in [0.25, 0.3) is 0 Å². The van der Waals surface area contributed by atoms with Crippen molar-refractivity contribution >= 4 is 11.8 Å². The van der Waals surface area contributed by atoms with E-state index in [1.54, 1.807) is 0 Å². The van der Waals surface area contributed by atoms with E-state index >= 15 is 0 Å². The van der Waals surface area contributed by atoms with Crippen molar-refractivity contribution in [1.29, 1.82) is 0 Å². The Morgan fingerprint density at radius 1 is 1.05 bits per heavy atom. The van der Waals surface area contributed by atoms with Gasteiger partial charge in [-0.2, -0.15) is 11.8 Å². The van der Waals surface area contributed by atoms with Crippen LogP contribution in [0, 0.1) is 5.41 Å².